The number of rotatable bonds is 1. The van der Waals surface area contributed by atoms with E-state index >= 15 is 0 Å². The van der Waals surface area contributed by atoms with E-state index in [-0.39, 0.29) is 10.8 Å². The Morgan fingerprint density at radius 3 is 2.44 bits per heavy atom. The van der Waals surface area contributed by atoms with Crippen LogP contribution in [-0.4, -0.2) is 5.11 Å². The smallest absolute Gasteiger partial charge is 0.133 e. The van der Waals surface area contributed by atoms with Crippen LogP contribution in [0.3, 0.4) is 0 Å². The van der Waals surface area contributed by atoms with Crippen molar-refractivity contribution in [2.75, 3.05) is 0 Å². The molecule has 0 saturated heterocycles. The zero-order chi connectivity index (χ0) is 11.8. The summed E-state index contributed by atoms with van der Waals surface area (Å²) in [5, 5.41) is 9.46. The minimum atomic E-state index is -0.673. The summed E-state index contributed by atoms with van der Waals surface area (Å²) in [5.41, 5.74) is 5.91. The molecule has 1 aromatic carbocycles. The predicted molar refractivity (Wildman–Crippen MR) is 62.0 cm³/mol. The number of nitrogens with two attached hydrogens (primary N) is 1. The van der Waals surface area contributed by atoms with Gasteiger partial charge in [0.2, 0.25) is 0 Å². The summed E-state index contributed by atoms with van der Waals surface area (Å²) in [7, 11) is 0. The second-order valence-electron chi connectivity index (χ2n) is 4.50. The number of hydrogen-bond acceptors (Lipinski definition) is 2. The van der Waals surface area contributed by atoms with E-state index in [1.165, 1.54) is 6.07 Å². The molecule has 0 heterocycles. The molecular formula is C12H15ClFNO. The highest BCUT2D eigenvalue weighted by Gasteiger charge is 2.34. The van der Waals surface area contributed by atoms with Crippen LogP contribution in [0.15, 0.2) is 12.1 Å². The largest absolute Gasteiger partial charge is 0.508 e. The molecule has 0 aromatic heterocycles. The lowest BCUT2D eigenvalue weighted by atomic mass is 9.77. The van der Waals surface area contributed by atoms with E-state index in [0.717, 1.165) is 38.2 Å². The monoisotopic (exact) mass is 243 g/mol. The van der Waals surface area contributed by atoms with Crippen molar-refractivity contribution in [3.8, 4) is 5.75 Å². The van der Waals surface area contributed by atoms with Gasteiger partial charge in [-0.2, -0.15) is 0 Å². The van der Waals surface area contributed by atoms with Crippen molar-refractivity contribution in [2.24, 2.45) is 5.73 Å². The standard InChI is InChI=1S/C12H15ClFNO/c13-9-6-8(16)7-10(14)11(9)12(15)4-2-1-3-5-12/h6-7,16H,1-5,15H2. The molecule has 0 atom stereocenters. The van der Waals surface area contributed by atoms with E-state index in [4.69, 9.17) is 17.3 Å². The van der Waals surface area contributed by atoms with Gasteiger partial charge in [0, 0.05) is 17.2 Å². The van der Waals surface area contributed by atoms with E-state index in [2.05, 4.69) is 0 Å². The molecular weight excluding hydrogens is 229 g/mol. The van der Waals surface area contributed by atoms with Gasteiger partial charge >= 0.3 is 0 Å². The van der Waals surface area contributed by atoms with Crippen LogP contribution in [0.5, 0.6) is 5.75 Å². The summed E-state index contributed by atoms with van der Waals surface area (Å²) in [6.45, 7) is 0. The summed E-state index contributed by atoms with van der Waals surface area (Å²) >= 11 is 5.98. The lowest BCUT2D eigenvalue weighted by Gasteiger charge is -2.34. The van der Waals surface area contributed by atoms with Crippen molar-refractivity contribution in [3.05, 3.63) is 28.5 Å². The lowest BCUT2D eigenvalue weighted by molar-refractivity contribution is 0.292. The van der Waals surface area contributed by atoms with Gasteiger partial charge in [0.1, 0.15) is 11.6 Å². The van der Waals surface area contributed by atoms with E-state index in [9.17, 15) is 9.50 Å². The molecule has 2 nitrogen and oxygen atoms in total. The first-order valence-corrected chi connectivity index (χ1v) is 5.88. The Bertz CT molecular complexity index is 379. The second-order valence-corrected chi connectivity index (χ2v) is 4.91. The Labute approximate surface area is 99.2 Å². The molecule has 0 aliphatic heterocycles. The minimum Gasteiger partial charge on any atom is -0.508 e. The number of phenols is 1. The Hall–Kier alpha value is -0.800. The van der Waals surface area contributed by atoms with Gasteiger partial charge in [-0.3, -0.25) is 0 Å². The Morgan fingerprint density at radius 2 is 1.88 bits per heavy atom. The summed E-state index contributed by atoms with van der Waals surface area (Å²) in [5.74, 6) is -0.667. The van der Waals surface area contributed by atoms with Gasteiger partial charge in [0.15, 0.2) is 0 Å². The van der Waals surface area contributed by atoms with Crippen LogP contribution in [0.25, 0.3) is 0 Å². The molecule has 1 aliphatic carbocycles. The fraction of sp³-hybridized carbons (Fsp3) is 0.500. The maximum absolute atomic E-state index is 13.8. The third-order valence-electron chi connectivity index (χ3n) is 3.27. The van der Waals surface area contributed by atoms with Gasteiger partial charge in [-0.05, 0) is 18.9 Å². The first-order chi connectivity index (χ1) is 7.53. The van der Waals surface area contributed by atoms with Crippen molar-refractivity contribution in [3.63, 3.8) is 0 Å². The van der Waals surface area contributed by atoms with Crippen molar-refractivity contribution >= 4 is 11.6 Å². The van der Waals surface area contributed by atoms with Crippen molar-refractivity contribution in [1.29, 1.82) is 0 Å². The fourth-order valence-corrected chi connectivity index (χ4v) is 2.86. The van der Waals surface area contributed by atoms with Crippen LogP contribution in [-0.2, 0) is 5.54 Å². The number of aromatic hydroxyl groups is 1. The highest BCUT2D eigenvalue weighted by Crippen LogP contribution is 2.40. The number of hydrogen-bond donors (Lipinski definition) is 2. The maximum atomic E-state index is 13.8. The van der Waals surface area contributed by atoms with Crippen LogP contribution in [0.2, 0.25) is 5.02 Å². The molecule has 1 aromatic rings. The third kappa shape index (κ3) is 2.02. The molecule has 1 saturated carbocycles. The van der Waals surface area contributed by atoms with Crippen LogP contribution < -0.4 is 5.73 Å². The topological polar surface area (TPSA) is 46.2 Å². The molecule has 0 amide bonds. The molecule has 4 heteroatoms. The molecule has 1 fully saturated rings. The zero-order valence-electron chi connectivity index (χ0n) is 8.97. The zero-order valence-corrected chi connectivity index (χ0v) is 9.73. The van der Waals surface area contributed by atoms with Gasteiger partial charge in [0.25, 0.3) is 0 Å². The number of phenolic OH excluding ortho intramolecular Hbond substituents is 1. The minimum absolute atomic E-state index is 0.161. The van der Waals surface area contributed by atoms with Gasteiger partial charge in [0.05, 0.1) is 5.02 Å². The van der Waals surface area contributed by atoms with Gasteiger partial charge < -0.3 is 10.8 Å². The predicted octanol–water partition coefficient (Wildman–Crippen LogP) is 3.30. The van der Waals surface area contributed by atoms with Gasteiger partial charge in [-0.25, -0.2) is 4.39 Å². The number of halogens is 2. The van der Waals surface area contributed by atoms with Crippen LogP contribution in [0.4, 0.5) is 4.39 Å². The highest BCUT2D eigenvalue weighted by molar-refractivity contribution is 6.31. The average Bonchev–Trinajstić information content (AvgIpc) is 2.16. The van der Waals surface area contributed by atoms with E-state index in [0.29, 0.717) is 5.56 Å². The highest BCUT2D eigenvalue weighted by atomic mass is 35.5. The van der Waals surface area contributed by atoms with Crippen LogP contribution in [0, 0.1) is 5.82 Å². The van der Waals surface area contributed by atoms with Gasteiger partial charge in [-0.1, -0.05) is 30.9 Å². The summed E-state index contributed by atoms with van der Waals surface area (Å²) < 4.78 is 13.8. The van der Waals surface area contributed by atoms with Crippen LogP contribution in [0.1, 0.15) is 37.7 Å². The number of benzene rings is 1. The van der Waals surface area contributed by atoms with Crippen molar-refractivity contribution in [1.82, 2.24) is 0 Å². The lowest BCUT2D eigenvalue weighted by Crippen LogP contribution is -2.39. The van der Waals surface area contributed by atoms with Crippen molar-refractivity contribution < 1.29 is 9.50 Å². The first-order valence-electron chi connectivity index (χ1n) is 5.50. The Morgan fingerprint density at radius 1 is 1.25 bits per heavy atom. The molecule has 2 rings (SSSR count). The van der Waals surface area contributed by atoms with E-state index < -0.39 is 11.4 Å². The second kappa shape index (κ2) is 4.22. The quantitative estimate of drug-likeness (QED) is 0.795. The fourth-order valence-electron chi connectivity index (χ4n) is 2.47. The molecule has 0 bridgehead atoms. The average molecular weight is 244 g/mol. The van der Waals surface area contributed by atoms with E-state index in [1.807, 2.05) is 0 Å². The normalized spacial score (nSPS) is 19.7. The molecule has 0 radical (unpaired) electrons. The van der Waals surface area contributed by atoms with Crippen LogP contribution >= 0.6 is 11.6 Å². The van der Waals surface area contributed by atoms with E-state index in [1.54, 1.807) is 0 Å². The molecule has 0 spiro atoms. The van der Waals surface area contributed by atoms with Gasteiger partial charge in [-0.15, -0.1) is 0 Å². The molecule has 16 heavy (non-hydrogen) atoms. The molecule has 3 N–H and O–H groups in total. The maximum Gasteiger partial charge on any atom is 0.133 e. The molecule has 1 aliphatic rings. The summed E-state index contributed by atoms with van der Waals surface area (Å²) in [6, 6.07) is 2.42. The Balaban J connectivity index is 2.46. The Kier molecular flexibility index (Phi) is 3.08. The third-order valence-corrected chi connectivity index (χ3v) is 3.57. The SMILES string of the molecule is NC1(c2c(F)cc(O)cc2Cl)CCCCC1. The summed E-state index contributed by atoms with van der Waals surface area (Å²) in [6.07, 6.45) is 4.61. The summed E-state index contributed by atoms with van der Waals surface area (Å²) in [4.78, 5) is 0. The first kappa shape index (κ1) is 11.7. The molecule has 0 unspecified atom stereocenters. The molecule has 88 valence electrons. The van der Waals surface area contributed by atoms with Crippen molar-refractivity contribution in [2.45, 2.75) is 37.6 Å².